The average molecular weight is 131 g/mol. The molecule has 1 heterocycles. The molecule has 0 spiro atoms. The molecule has 0 fully saturated rings. The van der Waals surface area contributed by atoms with E-state index in [0.29, 0.717) is 0 Å². The van der Waals surface area contributed by atoms with E-state index in [2.05, 4.69) is 11.3 Å². The summed E-state index contributed by atoms with van der Waals surface area (Å²) in [5, 5.41) is 3.54. The van der Waals surface area contributed by atoms with E-state index in [9.17, 15) is 8.78 Å². The summed E-state index contributed by atoms with van der Waals surface area (Å²) in [5.41, 5.74) is 0. The van der Waals surface area contributed by atoms with Crippen LogP contribution in [0.5, 0.6) is 0 Å². The standard InChI is InChI=1S/C5H5F2N2/c6-5(7)4-9-3-1-2-8-9/h1-2,5H,4H2. The van der Waals surface area contributed by atoms with Crippen LogP contribution in [-0.4, -0.2) is 16.2 Å². The van der Waals surface area contributed by atoms with E-state index in [4.69, 9.17) is 0 Å². The molecule has 0 aliphatic rings. The summed E-state index contributed by atoms with van der Waals surface area (Å²) in [4.78, 5) is 0. The second-order valence-electron chi connectivity index (χ2n) is 1.53. The van der Waals surface area contributed by atoms with Gasteiger partial charge in [0, 0.05) is 6.20 Å². The zero-order valence-corrected chi connectivity index (χ0v) is 4.59. The largest absolute Gasteiger partial charge is 0.258 e. The fourth-order valence-corrected chi connectivity index (χ4v) is 0.497. The van der Waals surface area contributed by atoms with Gasteiger partial charge in [0.1, 0.15) is 6.54 Å². The van der Waals surface area contributed by atoms with E-state index in [1.807, 2.05) is 0 Å². The number of nitrogens with zero attached hydrogens (tertiary/aromatic N) is 2. The summed E-state index contributed by atoms with van der Waals surface area (Å²) in [6, 6.07) is 1.49. The van der Waals surface area contributed by atoms with E-state index < -0.39 is 6.43 Å². The van der Waals surface area contributed by atoms with Crippen LogP contribution in [0.25, 0.3) is 0 Å². The predicted molar refractivity (Wildman–Crippen MR) is 27.1 cm³/mol. The van der Waals surface area contributed by atoms with Crippen molar-refractivity contribution in [2.45, 2.75) is 13.0 Å². The Morgan fingerprint density at radius 3 is 2.89 bits per heavy atom. The van der Waals surface area contributed by atoms with Crippen molar-refractivity contribution in [2.75, 3.05) is 0 Å². The highest BCUT2D eigenvalue weighted by Crippen LogP contribution is 1.94. The molecular weight excluding hydrogens is 126 g/mol. The minimum atomic E-state index is -2.35. The molecule has 1 rings (SSSR count). The smallest absolute Gasteiger partial charge is 0.257 e. The maximum atomic E-state index is 11.5. The second kappa shape index (κ2) is 2.57. The molecule has 0 aliphatic heterocycles. The molecule has 1 radical (unpaired) electrons. The van der Waals surface area contributed by atoms with Crippen LogP contribution < -0.4 is 0 Å². The second-order valence-corrected chi connectivity index (χ2v) is 1.53. The third kappa shape index (κ3) is 1.79. The molecule has 0 saturated heterocycles. The van der Waals surface area contributed by atoms with E-state index in [1.165, 1.54) is 12.3 Å². The van der Waals surface area contributed by atoms with Crippen LogP contribution in [0, 0.1) is 6.20 Å². The molecule has 0 amide bonds. The molecule has 1 aromatic heterocycles. The van der Waals surface area contributed by atoms with Gasteiger partial charge in [0.2, 0.25) is 0 Å². The van der Waals surface area contributed by atoms with Crippen molar-refractivity contribution in [1.29, 1.82) is 0 Å². The summed E-state index contributed by atoms with van der Waals surface area (Å²) in [6.07, 6.45) is 1.57. The van der Waals surface area contributed by atoms with Crippen LogP contribution in [0.15, 0.2) is 12.3 Å². The Labute approximate surface area is 51.1 Å². The van der Waals surface area contributed by atoms with Crippen molar-refractivity contribution in [3.8, 4) is 0 Å². The van der Waals surface area contributed by atoms with Gasteiger partial charge in [-0.3, -0.25) is 4.68 Å². The zero-order chi connectivity index (χ0) is 6.69. The quantitative estimate of drug-likeness (QED) is 0.584. The van der Waals surface area contributed by atoms with Crippen molar-refractivity contribution >= 4 is 0 Å². The minimum absolute atomic E-state index is 0.368. The van der Waals surface area contributed by atoms with Crippen molar-refractivity contribution in [1.82, 2.24) is 9.78 Å². The van der Waals surface area contributed by atoms with Gasteiger partial charge in [0.15, 0.2) is 0 Å². The van der Waals surface area contributed by atoms with E-state index in [0.717, 1.165) is 4.68 Å². The zero-order valence-electron chi connectivity index (χ0n) is 4.59. The Balaban J connectivity index is 2.48. The number of hydrogen-bond donors (Lipinski definition) is 0. The third-order valence-electron chi connectivity index (χ3n) is 0.815. The first kappa shape index (κ1) is 6.19. The molecule has 1 aromatic rings. The van der Waals surface area contributed by atoms with Crippen molar-refractivity contribution in [2.24, 2.45) is 0 Å². The van der Waals surface area contributed by atoms with Crippen LogP contribution in [0.2, 0.25) is 0 Å². The number of halogens is 2. The predicted octanol–water partition coefficient (Wildman–Crippen LogP) is 0.948. The van der Waals surface area contributed by atoms with Gasteiger partial charge in [-0.25, -0.2) is 8.78 Å². The maximum Gasteiger partial charge on any atom is 0.257 e. The molecule has 49 valence electrons. The number of hydrogen-bond acceptors (Lipinski definition) is 1. The van der Waals surface area contributed by atoms with Gasteiger partial charge in [-0.15, -0.1) is 0 Å². The molecule has 0 saturated carbocycles. The molecule has 0 unspecified atom stereocenters. The Hall–Kier alpha value is -0.930. The van der Waals surface area contributed by atoms with Crippen LogP contribution in [0.4, 0.5) is 8.78 Å². The van der Waals surface area contributed by atoms with Gasteiger partial charge in [-0.2, -0.15) is 5.10 Å². The first-order valence-electron chi connectivity index (χ1n) is 2.46. The first-order chi connectivity index (χ1) is 4.29. The van der Waals surface area contributed by atoms with Crippen molar-refractivity contribution in [3.05, 3.63) is 18.5 Å². The highest BCUT2D eigenvalue weighted by molar-refractivity contribution is 4.74. The Morgan fingerprint density at radius 2 is 2.44 bits per heavy atom. The van der Waals surface area contributed by atoms with Crippen LogP contribution in [0.1, 0.15) is 0 Å². The molecule has 2 nitrogen and oxygen atoms in total. The van der Waals surface area contributed by atoms with E-state index >= 15 is 0 Å². The van der Waals surface area contributed by atoms with Crippen LogP contribution in [-0.2, 0) is 6.54 Å². The highest BCUT2D eigenvalue weighted by atomic mass is 19.3. The van der Waals surface area contributed by atoms with Gasteiger partial charge in [0.25, 0.3) is 6.43 Å². The van der Waals surface area contributed by atoms with E-state index in [-0.39, 0.29) is 6.54 Å². The molecule has 4 heteroatoms. The monoisotopic (exact) mass is 131 g/mol. The number of aromatic nitrogens is 2. The first-order valence-corrected chi connectivity index (χ1v) is 2.46. The van der Waals surface area contributed by atoms with Crippen molar-refractivity contribution < 1.29 is 8.78 Å². The molecule has 0 atom stereocenters. The summed E-state index contributed by atoms with van der Waals surface area (Å²) < 4.78 is 24.1. The van der Waals surface area contributed by atoms with Gasteiger partial charge < -0.3 is 0 Å². The fraction of sp³-hybridized carbons (Fsp3) is 0.400. The van der Waals surface area contributed by atoms with Gasteiger partial charge in [-0.05, 0) is 6.07 Å². The Bertz CT molecular complexity index is 159. The number of alkyl halides is 2. The lowest BCUT2D eigenvalue weighted by atomic mass is 10.7. The number of rotatable bonds is 2. The summed E-state index contributed by atoms with van der Waals surface area (Å²) >= 11 is 0. The third-order valence-corrected chi connectivity index (χ3v) is 0.815. The SMILES string of the molecule is FC(F)Cn1[c]ccn1. The highest BCUT2D eigenvalue weighted by Gasteiger charge is 2.01. The minimum Gasteiger partial charge on any atom is -0.258 e. The Morgan fingerprint density at radius 1 is 1.67 bits per heavy atom. The van der Waals surface area contributed by atoms with Gasteiger partial charge >= 0.3 is 0 Å². The summed E-state index contributed by atoms with van der Waals surface area (Å²) in [6.45, 7) is -0.368. The molecule has 0 aliphatic carbocycles. The summed E-state index contributed by atoms with van der Waals surface area (Å²) in [5.74, 6) is 0. The van der Waals surface area contributed by atoms with Crippen LogP contribution in [0.3, 0.4) is 0 Å². The Kier molecular flexibility index (Phi) is 1.77. The lowest BCUT2D eigenvalue weighted by Gasteiger charge is -1.95. The fourth-order valence-electron chi connectivity index (χ4n) is 0.497. The average Bonchev–Trinajstić information content (AvgIpc) is 2.15. The van der Waals surface area contributed by atoms with Crippen LogP contribution >= 0.6 is 0 Å². The molecule has 9 heavy (non-hydrogen) atoms. The maximum absolute atomic E-state index is 11.5. The molecule has 0 N–H and O–H groups in total. The molecule has 0 aromatic carbocycles. The van der Waals surface area contributed by atoms with Gasteiger partial charge in [0.05, 0.1) is 6.20 Å². The summed E-state index contributed by atoms with van der Waals surface area (Å²) in [7, 11) is 0. The van der Waals surface area contributed by atoms with Crippen molar-refractivity contribution in [3.63, 3.8) is 0 Å². The van der Waals surface area contributed by atoms with E-state index in [1.54, 1.807) is 0 Å². The molecular formula is C5H5F2N2. The topological polar surface area (TPSA) is 17.8 Å². The lowest BCUT2D eigenvalue weighted by molar-refractivity contribution is 0.121. The normalized spacial score (nSPS) is 10.6. The van der Waals surface area contributed by atoms with Gasteiger partial charge in [-0.1, -0.05) is 0 Å². The molecule has 0 bridgehead atoms. The lowest BCUT2D eigenvalue weighted by Crippen LogP contribution is -2.06.